The Morgan fingerprint density at radius 1 is 1.07 bits per heavy atom. The molecular formula is C34H33F3N4O5. The number of H-pyrrole nitrogens is 1. The van der Waals surface area contributed by atoms with Crippen molar-refractivity contribution in [1.82, 2.24) is 19.8 Å². The first-order valence-corrected chi connectivity index (χ1v) is 14.8. The number of carbonyl (C=O) groups is 1. The lowest BCUT2D eigenvalue weighted by molar-refractivity contribution is -0.137. The highest BCUT2D eigenvalue weighted by atomic mass is 19.4. The summed E-state index contributed by atoms with van der Waals surface area (Å²) in [6.45, 7) is 2.09. The lowest BCUT2D eigenvalue weighted by Crippen LogP contribution is -2.46. The van der Waals surface area contributed by atoms with Crippen molar-refractivity contribution < 1.29 is 32.5 Å². The molecule has 6 rings (SSSR count). The molecule has 3 aromatic carbocycles. The number of fused-ring (bicyclic) bond motifs is 2. The lowest BCUT2D eigenvalue weighted by Gasteiger charge is -2.27. The van der Waals surface area contributed by atoms with Gasteiger partial charge in [0.25, 0.3) is 5.56 Å². The molecule has 0 bridgehead atoms. The van der Waals surface area contributed by atoms with Crippen LogP contribution in [0, 0.1) is 0 Å². The summed E-state index contributed by atoms with van der Waals surface area (Å²) in [6, 6.07) is 16.7. The first kappa shape index (κ1) is 31.0. The van der Waals surface area contributed by atoms with Crippen LogP contribution in [0.5, 0.6) is 11.5 Å². The molecule has 1 aliphatic rings. The van der Waals surface area contributed by atoms with Gasteiger partial charge < -0.3 is 34.3 Å². The van der Waals surface area contributed by atoms with Crippen LogP contribution in [0.25, 0.3) is 21.8 Å². The van der Waals surface area contributed by atoms with Crippen LogP contribution < -0.4 is 15.6 Å². The molecule has 0 spiro atoms. The number of halogens is 3. The number of aromatic amines is 1. The number of aryl methyl sites for hydroxylation is 1. The van der Waals surface area contributed by atoms with Crippen molar-refractivity contribution in [2.45, 2.75) is 18.5 Å². The number of ether oxygens (including phenoxy) is 2. The molecule has 5 aromatic rings. The molecule has 0 aliphatic carbocycles. The summed E-state index contributed by atoms with van der Waals surface area (Å²) in [5.74, 6) is -0.674. The van der Waals surface area contributed by atoms with E-state index in [0.29, 0.717) is 66.2 Å². The number of methoxy groups -OCH3 is 1. The van der Waals surface area contributed by atoms with Crippen LogP contribution in [-0.4, -0.2) is 65.5 Å². The van der Waals surface area contributed by atoms with Crippen LogP contribution in [0.1, 0.15) is 33.9 Å². The van der Waals surface area contributed by atoms with Crippen LogP contribution in [0.4, 0.5) is 18.0 Å². The van der Waals surface area contributed by atoms with Gasteiger partial charge in [0.2, 0.25) is 0 Å². The van der Waals surface area contributed by atoms with Crippen molar-refractivity contribution in [2.24, 2.45) is 7.05 Å². The zero-order chi connectivity index (χ0) is 32.6. The third-order valence-corrected chi connectivity index (χ3v) is 8.56. The van der Waals surface area contributed by atoms with Crippen molar-refractivity contribution in [2.75, 3.05) is 40.0 Å². The Balaban J connectivity index is 1.53. The average molecular weight is 635 g/mol. The zero-order valence-corrected chi connectivity index (χ0v) is 25.3. The number of nitrogens with one attached hydrogen (secondary N) is 2. The van der Waals surface area contributed by atoms with Gasteiger partial charge in [0, 0.05) is 48.7 Å². The lowest BCUT2D eigenvalue weighted by atomic mass is 9.84. The van der Waals surface area contributed by atoms with Crippen molar-refractivity contribution in [3.05, 3.63) is 105 Å². The maximum Gasteiger partial charge on any atom is 0.416 e. The Labute approximate surface area is 262 Å². The summed E-state index contributed by atoms with van der Waals surface area (Å²) in [7, 11) is 3.13. The van der Waals surface area contributed by atoms with E-state index in [-0.39, 0.29) is 23.9 Å². The number of alkyl halides is 3. The SMILES string of the molecule is COc1ccc2[nH]c(C(c3ccc(C(F)(F)F)cc3)c3c(O)c4ccccc4n(C)c3=O)c(CCNC(=O)N3CCOCC3)c2c1. The number of morpholine rings is 1. The fraction of sp³-hybridized carbons (Fsp3) is 0.294. The molecule has 46 heavy (non-hydrogen) atoms. The number of benzene rings is 3. The van der Waals surface area contributed by atoms with E-state index in [1.54, 1.807) is 49.4 Å². The molecular weight excluding hydrogens is 601 g/mol. The molecule has 9 nitrogen and oxygen atoms in total. The summed E-state index contributed by atoms with van der Waals surface area (Å²) in [5.41, 5.74) is 1.47. The number of para-hydroxylation sites is 1. The highest BCUT2D eigenvalue weighted by Gasteiger charge is 2.33. The number of aromatic hydroxyl groups is 1. The number of amides is 2. The summed E-state index contributed by atoms with van der Waals surface area (Å²) < 4.78 is 53.0. The third-order valence-electron chi connectivity index (χ3n) is 8.56. The summed E-state index contributed by atoms with van der Waals surface area (Å²) in [5, 5.41) is 15.8. The molecule has 1 saturated heterocycles. The maximum atomic E-state index is 14.0. The number of rotatable bonds is 7. The van der Waals surface area contributed by atoms with Gasteiger partial charge >= 0.3 is 12.2 Å². The number of carbonyl (C=O) groups excluding carboxylic acids is 1. The predicted molar refractivity (Wildman–Crippen MR) is 168 cm³/mol. The third kappa shape index (κ3) is 5.76. The molecule has 1 unspecified atom stereocenters. The van der Waals surface area contributed by atoms with Crippen LogP contribution >= 0.6 is 0 Å². The second kappa shape index (κ2) is 12.4. The number of hydrogen-bond acceptors (Lipinski definition) is 5. The van der Waals surface area contributed by atoms with Gasteiger partial charge in [0.15, 0.2) is 0 Å². The van der Waals surface area contributed by atoms with Crippen LogP contribution in [0.3, 0.4) is 0 Å². The first-order chi connectivity index (χ1) is 22.1. The molecule has 1 atom stereocenters. The van der Waals surface area contributed by atoms with Gasteiger partial charge in [-0.1, -0.05) is 24.3 Å². The van der Waals surface area contributed by atoms with Crippen LogP contribution in [0.15, 0.2) is 71.5 Å². The highest BCUT2D eigenvalue weighted by molar-refractivity contribution is 5.89. The van der Waals surface area contributed by atoms with E-state index in [1.165, 1.54) is 16.7 Å². The van der Waals surface area contributed by atoms with Gasteiger partial charge in [0.05, 0.1) is 42.9 Å². The van der Waals surface area contributed by atoms with Crippen LogP contribution in [-0.2, 0) is 24.4 Å². The minimum atomic E-state index is -4.56. The Morgan fingerprint density at radius 2 is 1.78 bits per heavy atom. The summed E-state index contributed by atoms with van der Waals surface area (Å²) in [6.07, 6.45) is -4.25. The highest BCUT2D eigenvalue weighted by Crippen LogP contribution is 2.42. The first-order valence-electron chi connectivity index (χ1n) is 14.8. The topological polar surface area (TPSA) is 109 Å². The second-order valence-electron chi connectivity index (χ2n) is 11.2. The van der Waals surface area contributed by atoms with Crippen molar-refractivity contribution >= 4 is 27.8 Å². The molecule has 240 valence electrons. The molecule has 3 heterocycles. The van der Waals surface area contributed by atoms with Gasteiger partial charge in [-0.25, -0.2) is 4.79 Å². The van der Waals surface area contributed by atoms with Gasteiger partial charge in [0.1, 0.15) is 11.5 Å². The minimum absolute atomic E-state index is 0.0121. The fourth-order valence-electron chi connectivity index (χ4n) is 6.17. The van der Waals surface area contributed by atoms with E-state index >= 15 is 0 Å². The van der Waals surface area contributed by atoms with Crippen LogP contribution in [0.2, 0.25) is 0 Å². The maximum absolute atomic E-state index is 14.0. The molecule has 1 fully saturated rings. The molecule has 0 radical (unpaired) electrons. The van der Waals surface area contributed by atoms with Crippen molar-refractivity contribution in [1.29, 1.82) is 0 Å². The van der Waals surface area contributed by atoms with Gasteiger partial charge in [-0.05, 0) is 60.0 Å². The number of pyridine rings is 1. The van der Waals surface area contributed by atoms with Gasteiger partial charge in [-0.3, -0.25) is 4.79 Å². The Hall–Kier alpha value is -4.97. The zero-order valence-electron chi connectivity index (χ0n) is 25.3. The molecule has 1 aliphatic heterocycles. The molecule has 2 amide bonds. The Bertz CT molecular complexity index is 1960. The Kier molecular flexibility index (Phi) is 8.39. The Morgan fingerprint density at radius 3 is 2.48 bits per heavy atom. The van der Waals surface area contributed by atoms with E-state index in [4.69, 9.17) is 9.47 Å². The monoisotopic (exact) mass is 634 g/mol. The number of urea groups is 1. The molecule has 0 saturated carbocycles. The standard InChI is InChI=1S/C34H33F3N4O5/c1-40-27-6-4-3-5-24(27)31(42)29(32(40)43)28(20-7-9-21(10-8-20)34(35,36)37)30-23(25-19-22(45-2)11-12-26(25)39-30)13-14-38-33(44)41-15-17-46-18-16-41/h3-12,19,28,39,42H,13-18H2,1-2H3,(H,38,44). The van der Waals surface area contributed by atoms with Gasteiger partial charge in [-0.15, -0.1) is 0 Å². The number of aromatic nitrogens is 2. The van der Waals surface area contributed by atoms with E-state index in [0.717, 1.165) is 23.1 Å². The quantitative estimate of drug-likeness (QED) is 0.219. The summed E-state index contributed by atoms with van der Waals surface area (Å²) in [4.78, 5) is 32.0. The average Bonchev–Trinajstić information content (AvgIpc) is 3.42. The minimum Gasteiger partial charge on any atom is -0.507 e. The van der Waals surface area contributed by atoms with E-state index in [1.807, 2.05) is 12.1 Å². The van der Waals surface area contributed by atoms with Crippen molar-refractivity contribution in [3.63, 3.8) is 0 Å². The van der Waals surface area contributed by atoms with Gasteiger partial charge in [-0.2, -0.15) is 13.2 Å². The number of hydrogen-bond donors (Lipinski definition) is 3. The largest absolute Gasteiger partial charge is 0.507 e. The summed E-state index contributed by atoms with van der Waals surface area (Å²) >= 11 is 0. The van der Waals surface area contributed by atoms with E-state index in [2.05, 4.69) is 10.3 Å². The normalized spacial score (nSPS) is 14.5. The van der Waals surface area contributed by atoms with Crippen molar-refractivity contribution in [3.8, 4) is 11.5 Å². The number of nitrogens with zero attached hydrogens (tertiary/aromatic N) is 2. The second-order valence-corrected chi connectivity index (χ2v) is 11.2. The van der Waals surface area contributed by atoms with E-state index in [9.17, 15) is 27.9 Å². The molecule has 3 N–H and O–H groups in total. The smallest absolute Gasteiger partial charge is 0.416 e. The molecule has 2 aromatic heterocycles. The van der Waals surface area contributed by atoms with E-state index < -0.39 is 23.2 Å². The predicted octanol–water partition coefficient (Wildman–Crippen LogP) is 5.52. The fourth-order valence-corrected chi connectivity index (χ4v) is 6.17. The molecule has 12 heteroatoms.